The summed E-state index contributed by atoms with van der Waals surface area (Å²) < 4.78 is 0. The fraction of sp³-hybridized carbons (Fsp3) is 0.200. The molecule has 0 saturated carbocycles. The van der Waals surface area contributed by atoms with Crippen molar-refractivity contribution in [2.24, 2.45) is 0 Å². The van der Waals surface area contributed by atoms with E-state index in [0.717, 1.165) is 33.1 Å². The number of para-hydroxylation sites is 1. The number of fused-ring (bicyclic) bond motifs is 3. The van der Waals surface area contributed by atoms with Crippen molar-refractivity contribution in [2.45, 2.75) is 6.54 Å². The zero-order chi connectivity index (χ0) is 13.2. The first-order valence-electron chi connectivity index (χ1n) is 6.40. The summed E-state index contributed by atoms with van der Waals surface area (Å²) in [4.78, 5) is 3.43. The van der Waals surface area contributed by atoms with Crippen LogP contribution in [0.1, 0.15) is 5.56 Å². The quantitative estimate of drug-likeness (QED) is 0.425. The van der Waals surface area contributed by atoms with Crippen molar-refractivity contribution in [2.75, 3.05) is 18.9 Å². The van der Waals surface area contributed by atoms with Gasteiger partial charge in [0.05, 0.1) is 12.1 Å². The SMILES string of the molecule is Nc1ccc(CNCCO)c2[nH]c3ccccc3c12. The normalized spacial score (nSPS) is 11.4. The Balaban J connectivity index is 2.16. The summed E-state index contributed by atoms with van der Waals surface area (Å²) in [6.45, 7) is 1.45. The predicted molar refractivity (Wildman–Crippen MR) is 79.0 cm³/mol. The third kappa shape index (κ3) is 2.05. The first-order chi connectivity index (χ1) is 9.31. The fourth-order valence-corrected chi connectivity index (χ4v) is 2.49. The minimum atomic E-state index is 0.144. The number of aliphatic hydroxyl groups is 1. The molecule has 19 heavy (non-hydrogen) atoms. The Kier molecular flexibility index (Phi) is 3.11. The molecule has 0 fully saturated rings. The third-order valence-electron chi connectivity index (χ3n) is 3.38. The van der Waals surface area contributed by atoms with Gasteiger partial charge in [0.1, 0.15) is 0 Å². The molecule has 0 amide bonds. The monoisotopic (exact) mass is 255 g/mol. The van der Waals surface area contributed by atoms with E-state index in [1.807, 2.05) is 24.3 Å². The van der Waals surface area contributed by atoms with Crippen LogP contribution in [-0.4, -0.2) is 23.2 Å². The lowest BCUT2D eigenvalue weighted by molar-refractivity contribution is 0.292. The number of benzene rings is 2. The van der Waals surface area contributed by atoms with Crippen LogP contribution in [0.2, 0.25) is 0 Å². The van der Waals surface area contributed by atoms with E-state index < -0.39 is 0 Å². The van der Waals surface area contributed by atoms with Gasteiger partial charge in [-0.1, -0.05) is 24.3 Å². The van der Waals surface area contributed by atoms with Crippen LogP contribution in [0.3, 0.4) is 0 Å². The van der Waals surface area contributed by atoms with E-state index in [-0.39, 0.29) is 6.61 Å². The number of nitrogens with one attached hydrogen (secondary N) is 2. The Morgan fingerprint density at radius 3 is 2.84 bits per heavy atom. The molecule has 0 radical (unpaired) electrons. The summed E-state index contributed by atoms with van der Waals surface area (Å²) in [5.41, 5.74) is 10.2. The van der Waals surface area contributed by atoms with Gasteiger partial charge in [0.2, 0.25) is 0 Å². The summed E-state index contributed by atoms with van der Waals surface area (Å²) in [5, 5.41) is 14.3. The molecule has 4 nitrogen and oxygen atoms in total. The molecule has 3 rings (SSSR count). The zero-order valence-corrected chi connectivity index (χ0v) is 10.6. The molecule has 1 aromatic heterocycles. The molecule has 0 bridgehead atoms. The van der Waals surface area contributed by atoms with Gasteiger partial charge in [-0.3, -0.25) is 0 Å². The maximum atomic E-state index is 8.83. The Hall–Kier alpha value is -2.04. The first-order valence-corrected chi connectivity index (χ1v) is 6.40. The van der Waals surface area contributed by atoms with Gasteiger partial charge in [0, 0.05) is 35.1 Å². The zero-order valence-electron chi connectivity index (χ0n) is 10.6. The maximum absolute atomic E-state index is 8.83. The second-order valence-corrected chi connectivity index (χ2v) is 4.63. The number of hydrogen-bond acceptors (Lipinski definition) is 3. The van der Waals surface area contributed by atoms with Crippen LogP contribution in [0.5, 0.6) is 0 Å². The number of aliphatic hydroxyl groups excluding tert-OH is 1. The molecule has 2 aromatic carbocycles. The summed E-state index contributed by atoms with van der Waals surface area (Å²) in [7, 11) is 0. The molecule has 4 heteroatoms. The number of anilines is 1. The first kappa shape index (κ1) is 12.0. The van der Waals surface area contributed by atoms with Crippen molar-refractivity contribution >= 4 is 27.5 Å². The molecule has 0 aliphatic heterocycles. The standard InChI is InChI=1S/C15H17N3O/c16-12-6-5-10(9-17-7-8-19)15-14(12)11-3-1-2-4-13(11)18-15/h1-6,17-19H,7-9,16H2. The molecule has 0 unspecified atom stereocenters. The number of H-pyrrole nitrogens is 1. The lowest BCUT2D eigenvalue weighted by Gasteiger charge is -2.06. The van der Waals surface area contributed by atoms with Gasteiger partial charge in [-0.15, -0.1) is 0 Å². The Bertz CT molecular complexity index is 718. The molecule has 5 N–H and O–H groups in total. The van der Waals surface area contributed by atoms with Crippen LogP contribution >= 0.6 is 0 Å². The smallest absolute Gasteiger partial charge is 0.0556 e. The lowest BCUT2D eigenvalue weighted by Crippen LogP contribution is -2.17. The lowest BCUT2D eigenvalue weighted by atomic mass is 10.1. The van der Waals surface area contributed by atoms with Crippen molar-refractivity contribution in [1.82, 2.24) is 10.3 Å². The maximum Gasteiger partial charge on any atom is 0.0556 e. The summed E-state index contributed by atoms with van der Waals surface area (Å²) in [6, 6.07) is 12.1. The molecule has 0 atom stereocenters. The minimum absolute atomic E-state index is 0.144. The second-order valence-electron chi connectivity index (χ2n) is 4.63. The molecule has 1 heterocycles. The van der Waals surface area contributed by atoms with Crippen molar-refractivity contribution in [3.05, 3.63) is 42.0 Å². The molecule has 3 aromatic rings. The Labute approximate surface area is 111 Å². The van der Waals surface area contributed by atoms with Crippen LogP contribution in [0.25, 0.3) is 21.8 Å². The highest BCUT2D eigenvalue weighted by Crippen LogP contribution is 2.32. The molecule has 0 aliphatic rings. The Morgan fingerprint density at radius 2 is 2.00 bits per heavy atom. The van der Waals surface area contributed by atoms with Crippen LogP contribution < -0.4 is 11.1 Å². The number of aromatic amines is 1. The van der Waals surface area contributed by atoms with Crippen LogP contribution in [0.15, 0.2) is 36.4 Å². The van der Waals surface area contributed by atoms with Crippen molar-refractivity contribution in [1.29, 1.82) is 0 Å². The van der Waals surface area contributed by atoms with E-state index in [9.17, 15) is 0 Å². The van der Waals surface area contributed by atoms with Crippen molar-refractivity contribution in [3.8, 4) is 0 Å². The number of aromatic nitrogens is 1. The molecule has 0 spiro atoms. The van der Waals surface area contributed by atoms with E-state index in [1.165, 1.54) is 0 Å². The van der Waals surface area contributed by atoms with E-state index in [1.54, 1.807) is 0 Å². The highest BCUT2D eigenvalue weighted by atomic mass is 16.3. The summed E-state index contributed by atoms with van der Waals surface area (Å²) >= 11 is 0. The number of hydrogen-bond donors (Lipinski definition) is 4. The van der Waals surface area contributed by atoms with Gasteiger partial charge in [-0.25, -0.2) is 0 Å². The van der Waals surface area contributed by atoms with Gasteiger partial charge in [0.15, 0.2) is 0 Å². The predicted octanol–water partition coefficient (Wildman–Crippen LogP) is 1.99. The highest BCUT2D eigenvalue weighted by Gasteiger charge is 2.10. The number of nitrogens with two attached hydrogens (primary N) is 1. The van der Waals surface area contributed by atoms with Crippen molar-refractivity contribution < 1.29 is 5.11 Å². The molecule has 0 aliphatic carbocycles. The number of rotatable bonds is 4. The highest BCUT2D eigenvalue weighted by molar-refractivity contribution is 6.13. The van der Waals surface area contributed by atoms with Crippen LogP contribution in [-0.2, 0) is 6.54 Å². The number of nitrogen functional groups attached to an aromatic ring is 1. The van der Waals surface area contributed by atoms with Gasteiger partial charge in [-0.2, -0.15) is 0 Å². The average Bonchev–Trinajstić information content (AvgIpc) is 2.82. The second kappa shape index (κ2) is 4.91. The largest absolute Gasteiger partial charge is 0.398 e. The van der Waals surface area contributed by atoms with Crippen LogP contribution in [0, 0.1) is 0 Å². The van der Waals surface area contributed by atoms with Crippen molar-refractivity contribution in [3.63, 3.8) is 0 Å². The van der Waals surface area contributed by atoms with E-state index >= 15 is 0 Å². The van der Waals surface area contributed by atoms with Gasteiger partial charge < -0.3 is 21.1 Å². The van der Waals surface area contributed by atoms with E-state index in [0.29, 0.717) is 13.1 Å². The summed E-state index contributed by atoms with van der Waals surface area (Å²) in [5.74, 6) is 0. The van der Waals surface area contributed by atoms with E-state index in [4.69, 9.17) is 10.8 Å². The summed E-state index contributed by atoms with van der Waals surface area (Å²) in [6.07, 6.45) is 0. The van der Waals surface area contributed by atoms with Gasteiger partial charge >= 0.3 is 0 Å². The topological polar surface area (TPSA) is 74.1 Å². The third-order valence-corrected chi connectivity index (χ3v) is 3.38. The van der Waals surface area contributed by atoms with Gasteiger partial charge in [-0.05, 0) is 17.7 Å². The fourth-order valence-electron chi connectivity index (χ4n) is 2.49. The molecular weight excluding hydrogens is 238 g/mol. The molecule has 0 saturated heterocycles. The van der Waals surface area contributed by atoms with Gasteiger partial charge in [0.25, 0.3) is 0 Å². The molecular formula is C15H17N3O. The Morgan fingerprint density at radius 1 is 1.16 bits per heavy atom. The minimum Gasteiger partial charge on any atom is -0.398 e. The average molecular weight is 255 g/mol. The van der Waals surface area contributed by atoms with E-state index in [2.05, 4.69) is 22.4 Å². The molecule has 98 valence electrons. The van der Waals surface area contributed by atoms with Crippen LogP contribution in [0.4, 0.5) is 5.69 Å².